The highest BCUT2D eigenvalue weighted by atomic mass is 32.1. The molecule has 2 aromatic carbocycles. The Morgan fingerprint density at radius 3 is 2.57 bits per heavy atom. The predicted octanol–water partition coefficient (Wildman–Crippen LogP) is 4.51. The van der Waals surface area contributed by atoms with Crippen LogP contribution in [0.4, 0.5) is 9.93 Å². The Morgan fingerprint density at radius 1 is 1.10 bits per heavy atom. The Kier molecular flexibility index (Phi) is 6.09. The molecule has 2 amide bonds. The number of amides is 2. The van der Waals surface area contributed by atoms with Gasteiger partial charge in [0.15, 0.2) is 5.13 Å². The molecule has 0 atom stereocenters. The highest BCUT2D eigenvalue weighted by Crippen LogP contribution is 2.29. The molecular weight excluding hydrogens is 398 g/mol. The highest BCUT2D eigenvalue weighted by molar-refractivity contribution is 7.15. The van der Waals surface area contributed by atoms with E-state index in [0.29, 0.717) is 37.7 Å². The molecule has 0 saturated carbocycles. The van der Waals surface area contributed by atoms with Crippen molar-refractivity contribution in [2.75, 3.05) is 18.5 Å². The first kappa shape index (κ1) is 20.1. The first-order chi connectivity index (χ1) is 14.6. The van der Waals surface area contributed by atoms with Crippen LogP contribution in [0.15, 0.2) is 54.6 Å². The lowest BCUT2D eigenvalue weighted by atomic mass is 10.0. The molecule has 0 saturated heterocycles. The number of fused-ring (bicyclic) bond motifs is 1. The van der Waals surface area contributed by atoms with E-state index in [1.165, 1.54) is 11.3 Å². The largest absolute Gasteiger partial charge is 0.450 e. The normalized spacial score (nSPS) is 12.9. The second kappa shape index (κ2) is 9.09. The molecule has 7 heteroatoms. The zero-order chi connectivity index (χ0) is 20.9. The summed E-state index contributed by atoms with van der Waals surface area (Å²) in [4.78, 5) is 31.7. The summed E-state index contributed by atoms with van der Waals surface area (Å²) in [7, 11) is 0. The van der Waals surface area contributed by atoms with Crippen LogP contribution in [0.5, 0.6) is 0 Å². The number of nitrogens with zero attached hydrogens (tertiary/aromatic N) is 2. The van der Waals surface area contributed by atoms with E-state index >= 15 is 0 Å². The molecule has 0 aliphatic carbocycles. The fourth-order valence-corrected chi connectivity index (χ4v) is 4.46. The maximum atomic E-state index is 12.8. The molecule has 4 rings (SSSR count). The van der Waals surface area contributed by atoms with E-state index in [1.807, 2.05) is 35.2 Å². The maximum Gasteiger partial charge on any atom is 0.413 e. The van der Waals surface area contributed by atoms with Crippen LogP contribution in [0.1, 0.15) is 23.1 Å². The van der Waals surface area contributed by atoms with Crippen LogP contribution in [-0.2, 0) is 28.9 Å². The van der Waals surface area contributed by atoms with Gasteiger partial charge in [-0.25, -0.2) is 9.78 Å². The lowest BCUT2D eigenvalue weighted by Crippen LogP contribution is -2.36. The van der Waals surface area contributed by atoms with Gasteiger partial charge in [0.25, 0.3) is 0 Å². The summed E-state index contributed by atoms with van der Waals surface area (Å²) >= 11 is 1.40. The van der Waals surface area contributed by atoms with Gasteiger partial charge in [0, 0.05) is 17.8 Å². The minimum atomic E-state index is -0.504. The Bertz CT molecular complexity index is 1030. The van der Waals surface area contributed by atoms with Crippen molar-refractivity contribution < 1.29 is 14.3 Å². The van der Waals surface area contributed by atoms with Gasteiger partial charge in [0.2, 0.25) is 5.91 Å². The van der Waals surface area contributed by atoms with Crippen molar-refractivity contribution in [1.29, 1.82) is 0 Å². The van der Waals surface area contributed by atoms with Gasteiger partial charge in [-0.05, 0) is 23.6 Å². The zero-order valence-corrected chi connectivity index (χ0v) is 17.6. The van der Waals surface area contributed by atoms with E-state index in [0.717, 1.165) is 27.3 Å². The third kappa shape index (κ3) is 4.68. The van der Waals surface area contributed by atoms with Crippen LogP contribution < -0.4 is 5.32 Å². The third-order valence-electron chi connectivity index (χ3n) is 4.98. The number of thiazole rings is 1. The standard InChI is InChI=1S/C23H23N3O3S/c1-2-29-23(28)25-22-24-19-12-13-26(15-20(19)30-22)21(27)14-16-8-10-18(11-9-16)17-6-4-3-5-7-17/h3-11H,2,12-15H2,1H3,(H,24,25,28). The summed E-state index contributed by atoms with van der Waals surface area (Å²) in [5.74, 6) is 0.0985. The maximum absolute atomic E-state index is 12.8. The number of carbonyl (C=O) groups is 2. The highest BCUT2D eigenvalue weighted by Gasteiger charge is 2.24. The molecule has 0 bridgehead atoms. The quantitative estimate of drug-likeness (QED) is 0.658. The van der Waals surface area contributed by atoms with Crippen LogP contribution in [0.2, 0.25) is 0 Å². The van der Waals surface area contributed by atoms with Crippen molar-refractivity contribution in [3.05, 3.63) is 70.7 Å². The lowest BCUT2D eigenvalue weighted by molar-refractivity contribution is -0.131. The van der Waals surface area contributed by atoms with E-state index in [9.17, 15) is 9.59 Å². The van der Waals surface area contributed by atoms with Gasteiger partial charge >= 0.3 is 6.09 Å². The molecule has 0 radical (unpaired) electrons. The van der Waals surface area contributed by atoms with Gasteiger partial charge < -0.3 is 9.64 Å². The van der Waals surface area contributed by atoms with Gasteiger partial charge in [-0.2, -0.15) is 0 Å². The van der Waals surface area contributed by atoms with Crippen LogP contribution in [0.3, 0.4) is 0 Å². The van der Waals surface area contributed by atoms with Gasteiger partial charge in [-0.15, -0.1) is 0 Å². The molecule has 6 nitrogen and oxygen atoms in total. The first-order valence-electron chi connectivity index (χ1n) is 9.97. The number of aromatic nitrogens is 1. The topological polar surface area (TPSA) is 71.5 Å². The van der Waals surface area contributed by atoms with E-state index < -0.39 is 6.09 Å². The van der Waals surface area contributed by atoms with Crippen LogP contribution in [-0.4, -0.2) is 35.0 Å². The molecule has 2 heterocycles. The molecule has 1 aliphatic rings. The first-order valence-corrected chi connectivity index (χ1v) is 10.8. The minimum Gasteiger partial charge on any atom is -0.450 e. The van der Waals surface area contributed by atoms with Crippen molar-refractivity contribution in [3.63, 3.8) is 0 Å². The second-order valence-electron chi connectivity index (χ2n) is 7.04. The summed E-state index contributed by atoms with van der Waals surface area (Å²) < 4.78 is 4.89. The summed E-state index contributed by atoms with van der Waals surface area (Å²) in [6, 6.07) is 18.3. The van der Waals surface area contributed by atoms with Crippen molar-refractivity contribution in [2.45, 2.75) is 26.3 Å². The zero-order valence-electron chi connectivity index (χ0n) is 16.8. The van der Waals surface area contributed by atoms with Gasteiger partial charge in [-0.1, -0.05) is 65.9 Å². The number of nitrogens with one attached hydrogen (secondary N) is 1. The number of hydrogen-bond donors (Lipinski definition) is 1. The summed E-state index contributed by atoms with van der Waals surface area (Å²) in [6.07, 6.45) is 0.557. The average Bonchev–Trinajstić information content (AvgIpc) is 3.16. The molecule has 0 unspecified atom stereocenters. The van der Waals surface area contributed by atoms with Crippen molar-refractivity contribution >= 4 is 28.5 Å². The minimum absolute atomic E-state index is 0.0985. The third-order valence-corrected chi connectivity index (χ3v) is 5.98. The van der Waals surface area contributed by atoms with Crippen molar-refractivity contribution in [3.8, 4) is 11.1 Å². The smallest absolute Gasteiger partial charge is 0.413 e. The summed E-state index contributed by atoms with van der Waals surface area (Å²) in [5, 5.41) is 3.16. The number of carbonyl (C=O) groups excluding carboxylic acids is 2. The van der Waals surface area contributed by atoms with Gasteiger partial charge in [0.05, 0.1) is 25.3 Å². The van der Waals surface area contributed by atoms with Crippen LogP contribution in [0.25, 0.3) is 11.1 Å². The average molecular weight is 422 g/mol. The van der Waals surface area contributed by atoms with Gasteiger partial charge in [0.1, 0.15) is 0 Å². The fourth-order valence-electron chi connectivity index (χ4n) is 3.45. The summed E-state index contributed by atoms with van der Waals surface area (Å²) in [6.45, 7) is 3.23. The Morgan fingerprint density at radius 2 is 1.83 bits per heavy atom. The lowest BCUT2D eigenvalue weighted by Gasteiger charge is -2.26. The number of anilines is 1. The second-order valence-corrected chi connectivity index (χ2v) is 8.12. The number of benzene rings is 2. The number of hydrogen-bond acceptors (Lipinski definition) is 5. The molecule has 3 aromatic rings. The summed E-state index contributed by atoms with van der Waals surface area (Å²) in [5.41, 5.74) is 4.25. The number of ether oxygens (including phenoxy) is 1. The monoisotopic (exact) mass is 421 g/mol. The Balaban J connectivity index is 1.37. The molecule has 154 valence electrons. The van der Waals surface area contributed by atoms with Crippen LogP contribution in [0, 0.1) is 0 Å². The SMILES string of the molecule is CCOC(=O)Nc1nc2c(s1)CN(C(=O)Cc1ccc(-c3ccccc3)cc1)CC2. The molecule has 0 fully saturated rings. The fraction of sp³-hybridized carbons (Fsp3) is 0.261. The van der Waals surface area contributed by atoms with E-state index in [1.54, 1.807) is 6.92 Å². The van der Waals surface area contributed by atoms with E-state index in [-0.39, 0.29) is 5.91 Å². The molecule has 30 heavy (non-hydrogen) atoms. The Labute approximate surface area is 179 Å². The molecule has 1 aromatic heterocycles. The predicted molar refractivity (Wildman–Crippen MR) is 117 cm³/mol. The van der Waals surface area contributed by atoms with E-state index in [4.69, 9.17) is 4.74 Å². The Hall–Kier alpha value is -3.19. The molecule has 0 spiro atoms. The molecule has 1 N–H and O–H groups in total. The number of rotatable bonds is 5. The van der Waals surface area contributed by atoms with Crippen LogP contribution >= 0.6 is 11.3 Å². The molecular formula is C23H23N3O3S. The van der Waals surface area contributed by atoms with Gasteiger partial charge in [-0.3, -0.25) is 10.1 Å². The molecule has 1 aliphatic heterocycles. The van der Waals surface area contributed by atoms with Crippen molar-refractivity contribution in [2.24, 2.45) is 0 Å². The van der Waals surface area contributed by atoms with Crippen molar-refractivity contribution in [1.82, 2.24) is 9.88 Å². The van der Waals surface area contributed by atoms with E-state index in [2.05, 4.69) is 34.6 Å².